The second-order valence-electron chi connectivity index (χ2n) is 7.83. The number of nitrogens with one attached hydrogen (secondary N) is 1. The van der Waals surface area contributed by atoms with Gasteiger partial charge in [-0.15, -0.1) is 0 Å². The molecule has 0 radical (unpaired) electrons. The van der Waals surface area contributed by atoms with E-state index in [0.29, 0.717) is 11.5 Å². The lowest BCUT2D eigenvalue weighted by atomic mass is 9.76. The molecule has 19 heavy (non-hydrogen) atoms. The lowest BCUT2D eigenvalue weighted by Crippen LogP contribution is -2.36. The van der Waals surface area contributed by atoms with E-state index in [-0.39, 0.29) is 0 Å². The molecule has 1 saturated carbocycles. The summed E-state index contributed by atoms with van der Waals surface area (Å²) in [4.78, 5) is 0. The summed E-state index contributed by atoms with van der Waals surface area (Å²) in [7, 11) is 0. The van der Waals surface area contributed by atoms with Crippen LogP contribution < -0.4 is 5.32 Å². The predicted octanol–water partition coefficient (Wildman–Crippen LogP) is 5.54. The molecule has 114 valence electrons. The molecule has 3 unspecified atom stereocenters. The number of unbranched alkanes of at least 4 members (excludes halogenated alkanes) is 2. The first-order valence-electron chi connectivity index (χ1n) is 8.69. The van der Waals surface area contributed by atoms with E-state index in [9.17, 15) is 0 Å². The van der Waals surface area contributed by atoms with Crippen LogP contribution >= 0.6 is 0 Å². The van der Waals surface area contributed by atoms with Crippen LogP contribution in [0.25, 0.3) is 0 Å². The van der Waals surface area contributed by atoms with Gasteiger partial charge in [-0.3, -0.25) is 0 Å². The maximum absolute atomic E-state index is 3.89. The van der Waals surface area contributed by atoms with Crippen molar-refractivity contribution in [3.63, 3.8) is 0 Å². The molecule has 3 atom stereocenters. The van der Waals surface area contributed by atoms with Gasteiger partial charge in [-0.25, -0.2) is 0 Å². The van der Waals surface area contributed by atoms with Crippen molar-refractivity contribution < 1.29 is 0 Å². The Bertz CT molecular complexity index is 228. The highest BCUT2D eigenvalue weighted by molar-refractivity contribution is 4.82. The zero-order valence-corrected chi connectivity index (χ0v) is 14.1. The molecule has 0 bridgehead atoms. The maximum atomic E-state index is 3.89. The molecular weight excluding hydrogens is 230 g/mol. The molecule has 1 aliphatic rings. The van der Waals surface area contributed by atoms with Crippen molar-refractivity contribution in [2.75, 3.05) is 0 Å². The van der Waals surface area contributed by atoms with E-state index in [1.54, 1.807) is 0 Å². The SMILES string of the molecule is CCCCCC(C)NC1CCCC(C(C)(C)C)CC1. The predicted molar refractivity (Wildman–Crippen MR) is 86.6 cm³/mol. The summed E-state index contributed by atoms with van der Waals surface area (Å²) in [6.45, 7) is 11.9. The Labute approximate surface area is 121 Å². The van der Waals surface area contributed by atoms with Gasteiger partial charge in [0.25, 0.3) is 0 Å². The summed E-state index contributed by atoms with van der Waals surface area (Å²) in [6, 6.07) is 1.49. The lowest BCUT2D eigenvalue weighted by molar-refractivity contribution is 0.213. The van der Waals surface area contributed by atoms with Gasteiger partial charge in [-0.1, -0.05) is 53.4 Å². The average molecular weight is 268 g/mol. The quantitative estimate of drug-likeness (QED) is 0.492. The van der Waals surface area contributed by atoms with Gasteiger partial charge in [-0.2, -0.15) is 0 Å². The summed E-state index contributed by atoms with van der Waals surface area (Å²) in [5.74, 6) is 0.926. The van der Waals surface area contributed by atoms with E-state index in [1.807, 2.05) is 0 Å². The van der Waals surface area contributed by atoms with Crippen LogP contribution in [0.15, 0.2) is 0 Å². The summed E-state index contributed by atoms with van der Waals surface area (Å²) in [5, 5.41) is 3.89. The van der Waals surface area contributed by atoms with Gasteiger partial charge < -0.3 is 5.32 Å². The molecule has 0 saturated heterocycles. The molecule has 0 heterocycles. The van der Waals surface area contributed by atoms with E-state index in [1.165, 1.54) is 57.8 Å². The van der Waals surface area contributed by atoms with Crippen LogP contribution in [-0.2, 0) is 0 Å². The van der Waals surface area contributed by atoms with Crippen molar-refractivity contribution >= 4 is 0 Å². The molecule has 0 spiro atoms. The maximum Gasteiger partial charge on any atom is 0.00696 e. The summed E-state index contributed by atoms with van der Waals surface area (Å²) in [6.07, 6.45) is 12.5. The summed E-state index contributed by atoms with van der Waals surface area (Å²) >= 11 is 0. The Morgan fingerprint density at radius 3 is 2.42 bits per heavy atom. The topological polar surface area (TPSA) is 12.0 Å². The van der Waals surface area contributed by atoms with Gasteiger partial charge in [0.15, 0.2) is 0 Å². The van der Waals surface area contributed by atoms with E-state index < -0.39 is 0 Å². The molecule has 1 aliphatic carbocycles. The highest BCUT2D eigenvalue weighted by Gasteiger charge is 2.27. The zero-order valence-electron chi connectivity index (χ0n) is 14.1. The Morgan fingerprint density at radius 2 is 1.79 bits per heavy atom. The van der Waals surface area contributed by atoms with E-state index in [2.05, 4.69) is 39.9 Å². The van der Waals surface area contributed by atoms with Gasteiger partial charge in [0.2, 0.25) is 0 Å². The minimum absolute atomic E-state index is 0.502. The van der Waals surface area contributed by atoms with Gasteiger partial charge in [0.1, 0.15) is 0 Å². The minimum atomic E-state index is 0.502. The van der Waals surface area contributed by atoms with Crippen molar-refractivity contribution in [2.45, 2.75) is 104 Å². The second kappa shape index (κ2) is 8.29. The molecule has 1 N–H and O–H groups in total. The Balaban J connectivity index is 2.29. The lowest BCUT2D eigenvalue weighted by Gasteiger charge is -2.30. The molecule has 0 aromatic rings. The third kappa shape index (κ3) is 6.79. The van der Waals surface area contributed by atoms with Crippen LogP contribution in [0.3, 0.4) is 0 Å². The van der Waals surface area contributed by atoms with Crippen molar-refractivity contribution in [2.24, 2.45) is 11.3 Å². The standard InChI is InChI=1S/C18H37N/c1-6-7-8-10-15(2)19-17-12-9-11-16(13-14-17)18(3,4)5/h15-17,19H,6-14H2,1-5H3. The van der Waals surface area contributed by atoms with E-state index >= 15 is 0 Å². The van der Waals surface area contributed by atoms with Crippen LogP contribution in [0.2, 0.25) is 0 Å². The smallest absolute Gasteiger partial charge is 0.00696 e. The molecule has 0 aliphatic heterocycles. The van der Waals surface area contributed by atoms with Crippen molar-refractivity contribution in [1.82, 2.24) is 5.32 Å². The van der Waals surface area contributed by atoms with E-state index in [4.69, 9.17) is 0 Å². The highest BCUT2D eigenvalue weighted by atomic mass is 14.9. The molecule has 1 heteroatoms. The van der Waals surface area contributed by atoms with E-state index in [0.717, 1.165) is 12.0 Å². The first kappa shape index (κ1) is 17.0. The number of hydrogen-bond acceptors (Lipinski definition) is 1. The molecule has 1 nitrogen and oxygen atoms in total. The molecule has 1 fully saturated rings. The molecular formula is C18H37N. The Hall–Kier alpha value is -0.0400. The fraction of sp³-hybridized carbons (Fsp3) is 1.00. The molecule has 1 rings (SSSR count). The van der Waals surface area contributed by atoms with Gasteiger partial charge in [-0.05, 0) is 50.4 Å². The minimum Gasteiger partial charge on any atom is -0.312 e. The fourth-order valence-corrected chi connectivity index (χ4v) is 3.52. The van der Waals surface area contributed by atoms with Crippen molar-refractivity contribution in [3.05, 3.63) is 0 Å². The van der Waals surface area contributed by atoms with Crippen LogP contribution in [0.4, 0.5) is 0 Å². The Kier molecular flexibility index (Phi) is 7.42. The molecule has 0 aromatic heterocycles. The monoisotopic (exact) mass is 267 g/mol. The molecule has 0 aromatic carbocycles. The largest absolute Gasteiger partial charge is 0.312 e. The van der Waals surface area contributed by atoms with Crippen molar-refractivity contribution in [1.29, 1.82) is 0 Å². The summed E-state index contributed by atoms with van der Waals surface area (Å²) in [5.41, 5.74) is 0.502. The summed E-state index contributed by atoms with van der Waals surface area (Å²) < 4.78 is 0. The average Bonchev–Trinajstić information content (AvgIpc) is 2.54. The van der Waals surface area contributed by atoms with Crippen molar-refractivity contribution in [3.8, 4) is 0 Å². The van der Waals surface area contributed by atoms with Gasteiger partial charge >= 0.3 is 0 Å². The van der Waals surface area contributed by atoms with Crippen LogP contribution in [0, 0.1) is 11.3 Å². The third-order valence-corrected chi connectivity index (χ3v) is 4.95. The number of hydrogen-bond donors (Lipinski definition) is 1. The Morgan fingerprint density at radius 1 is 1.05 bits per heavy atom. The zero-order chi connectivity index (χ0) is 14.3. The number of rotatable bonds is 6. The molecule has 0 amide bonds. The first-order chi connectivity index (χ1) is 8.93. The second-order valence-corrected chi connectivity index (χ2v) is 7.83. The van der Waals surface area contributed by atoms with Gasteiger partial charge in [0.05, 0.1) is 0 Å². The van der Waals surface area contributed by atoms with Crippen LogP contribution in [0.5, 0.6) is 0 Å². The normalized spacial score (nSPS) is 27.0. The highest BCUT2D eigenvalue weighted by Crippen LogP contribution is 2.36. The third-order valence-electron chi connectivity index (χ3n) is 4.95. The fourth-order valence-electron chi connectivity index (χ4n) is 3.52. The van der Waals surface area contributed by atoms with Crippen LogP contribution in [-0.4, -0.2) is 12.1 Å². The van der Waals surface area contributed by atoms with Gasteiger partial charge in [0, 0.05) is 12.1 Å². The first-order valence-corrected chi connectivity index (χ1v) is 8.69. The van der Waals surface area contributed by atoms with Crippen LogP contribution in [0.1, 0.15) is 92.4 Å².